The average molecular weight is 572 g/mol. The number of Topliss-reactive ketones (excluding diaryl/α,β-unsaturated/α-hetero) is 1. The molecule has 6 heteroatoms. The number of ketones is 1. The van der Waals surface area contributed by atoms with Crippen molar-refractivity contribution in [3.8, 4) is 0 Å². The van der Waals surface area contributed by atoms with Gasteiger partial charge in [0.15, 0.2) is 0 Å². The molecule has 194 valence electrons. The van der Waals surface area contributed by atoms with Gasteiger partial charge >= 0.3 is 0 Å². The van der Waals surface area contributed by atoms with E-state index in [2.05, 4.69) is 15.9 Å². The molecule has 2 aromatic rings. The van der Waals surface area contributed by atoms with E-state index in [0.717, 1.165) is 36.8 Å². The van der Waals surface area contributed by atoms with Crippen molar-refractivity contribution in [3.05, 3.63) is 71.3 Å². The van der Waals surface area contributed by atoms with Crippen LogP contribution in [0.2, 0.25) is 0 Å². The Labute approximate surface area is 223 Å². The summed E-state index contributed by atoms with van der Waals surface area (Å²) in [5, 5.41) is 0.583. The van der Waals surface area contributed by atoms with Gasteiger partial charge in [0.1, 0.15) is 17.4 Å². The van der Waals surface area contributed by atoms with Crippen LogP contribution in [0.3, 0.4) is 0 Å². The fraction of sp³-hybridized carbons (Fsp3) is 0.517. The Morgan fingerprint density at radius 3 is 1.63 bits per heavy atom. The third kappa shape index (κ3) is 12.8. The van der Waals surface area contributed by atoms with E-state index in [4.69, 9.17) is 11.6 Å². The maximum atomic E-state index is 12.9. The van der Waals surface area contributed by atoms with Gasteiger partial charge < -0.3 is 0 Å². The fourth-order valence-corrected chi connectivity index (χ4v) is 4.93. The molecule has 2 aliphatic carbocycles. The number of hydrogen-bond donors (Lipinski definition) is 0. The molecule has 0 spiro atoms. The summed E-state index contributed by atoms with van der Waals surface area (Å²) in [6, 6.07) is 12.9. The highest BCUT2D eigenvalue weighted by atomic mass is 79.9. The summed E-state index contributed by atoms with van der Waals surface area (Å²) >= 11 is 8.54. The van der Waals surface area contributed by atoms with E-state index in [1.807, 2.05) is 12.1 Å². The molecule has 0 N–H and O–H groups in total. The van der Waals surface area contributed by atoms with Gasteiger partial charge in [-0.15, -0.1) is 0 Å². The van der Waals surface area contributed by atoms with E-state index in [9.17, 15) is 18.4 Å². The second-order valence-corrected chi connectivity index (χ2v) is 9.94. The van der Waals surface area contributed by atoms with E-state index in [1.54, 1.807) is 12.1 Å². The minimum Gasteiger partial charge on any atom is -0.299 e. The molecule has 0 heterocycles. The number of carbonyl (C=O) groups is 2. The van der Waals surface area contributed by atoms with Crippen LogP contribution in [0.5, 0.6) is 0 Å². The Balaban J connectivity index is 0.000000278. The highest BCUT2D eigenvalue weighted by Gasteiger charge is 2.21. The number of carbonyl (C=O) groups excluding carboxylic acids is 2. The van der Waals surface area contributed by atoms with Gasteiger partial charge in [0.05, 0.1) is 0 Å². The van der Waals surface area contributed by atoms with Gasteiger partial charge in [0.2, 0.25) is 5.24 Å². The Kier molecular flexibility index (Phi) is 16.0. The summed E-state index contributed by atoms with van der Waals surface area (Å²) in [5.41, 5.74) is 1.77. The van der Waals surface area contributed by atoms with Crippen molar-refractivity contribution >= 4 is 38.6 Å². The van der Waals surface area contributed by atoms with Crippen LogP contribution >= 0.6 is 27.5 Å². The van der Waals surface area contributed by atoms with Crippen LogP contribution in [0, 0.1) is 23.5 Å². The monoisotopic (exact) mass is 570 g/mol. The van der Waals surface area contributed by atoms with Crippen molar-refractivity contribution in [2.75, 3.05) is 0 Å². The largest absolute Gasteiger partial charge is 0.299 e. The molecule has 0 radical (unpaired) electrons. The first-order valence-corrected chi connectivity index (χ1v) is 13.7. The number of alkyl halides is 1. The van der Waals surface area contributed by atoms with Gasteiger partial charge in [-0.1, -0.05) is 86.1 Å². The summed E-state index contributed by atoms with van der Waals surface area (Å²) in [7, 11) is 0. The summed E-state index contributed by atoms with van der Waals surface area (Å²) in [5.74, 6) is 0.253. The van der Waals surface area contributed by atoms with Gasteiger partial charge in [0.25, 0.3) is 0 Å². The number of benzene rings is 2. The van der Waals surface area contributed by atoms with Crippen LogP contribution in [0.15, 0.2) is 48.5 Å². The van der Waals surface area contributed by atoms with Crippen LogP contribution < -0.4 is 0 Å². The number of halogens is 4. The zero-order valence-corrected chi connectivity index (χ0v) is 21.9. The maximum absolute atomic E-state index is 12.9. The highest BCUT2D eigenvalue weighted by molar-refractivity contribution is 9.08. The van der Waals surface area contributed by atoms with Gasteiger partial charge in [-0.3, -0.25) is 9.59 Å². The summed E-state index contributed by atoms with van der Waals surface area (Å²) in [6.07, 6.45) is 11.7. The Morgan fingerprint density at radius 2 is 1.23 bits per heavy atom. The number of hydrogen-bond acceptors (Lipinski definition) is 2. The lowest BCUT2D eigenvalue weighted by Crippen LogP contribution is -2.19. The predicted octanol–water partition coefficient (Wildman–Crippen LogP) is 9.21. The third-order valence-corrected chi connectivity index (χ3v) is 7.25. The van der Waals surface area contributed by atoms with E-state index in [-0.39, 0.29) is 41.9 Å². The molecule has 2 fully saturated rings. The summed E-state index contributed by atoms with van der Waals surface area (Å²) in [4.78, 5) is 22.5. The minimum absolute atomic E-state index is 0. The van der Waals surface area contributed by atoms with Crippen molar-refractivity contribution in [2.24, 2.45) is 11.8 Å². The molecule has 2 aliphatic rings. The number of rotatable bonds is 5. The summed E-state index contributed by atoms with van der Waals surface area (Å²) in [6.45, 7) is 0. The Bertz CT molecular complexity index is 894. The quantitative estimate of drug-likeness (QED) is 0.265. The molecule has 0 bridgehead atoms. The molecule has 0 saturated heterocycles. The topological polar surface area (TPSA) is 34.1 Å². The molecule has 0 unspecified atom stereocenters. The van der Waals surface area contributed by atoms with Crippen LogP contribution in [-0.2, 0) is 21.3 Å². The second-order valence-electron chi connectivity index (χ2n) is 9.01. The van der Waals surface area contributed by atoms with E-state index in [1.165, 1.54) is 62.8 Å². The van der Waals surface area contributed by atoms with Crippen molar-refractivity contribution in [3.63, 3.8) is 0 Å². The average Bonchev–Trinajstić information content (AvgIpc) is 2.86. The Hall–Kier alpha value is -1.59. The lowest BCUT2D eigenvalue weighted by molar-refractivity contribution is -0.123. The first-order chi connectivity index (χ1) is 16.4. The van der Waals surface area contributed by atoms with Gasteiger partial charge in [0, 0.05) is 23.6 Å². The summed E-state index contributed by atoms with van der Waals surface area (Å²) < 4.78 is 25.3. The Morgan fingerprint density at radius 1 is 0.771 bits per heavy atom. The lowest BCUT2D eigenvalue weighted by Gasteiger charge is -2.20. The van der Waals surface area contributed by atoms with E-state index in [0.29, 0.717) is 11.8 Å². The molecular formula is C29H38BrClF2O2. The molecule has 0 amide bonds. The van der Waals surface area contributed by atoms with E-state index >= 15 is 0 Å². The minimum atomic E-state index is -0.256. The standard InChI is InChI=1S/C14H17FO.C7H6BrF.C7H11ClO.CH4/c15-13-8-4-5-11(9-13)10-14(16)12-6-2-1-3-7-12;8-5-6-2-1-3-7(9)4-6;8-7(9)6-4-2-1-3-5-6;/h4-5,8-9,12H,1-3,6-7,10H2;1-4H,5H2;6H,1-5H2;1H4. The second kappa shape index (κ2) is 17.8. The zero-order valence-electron chi connectivity index (χ0n) is 19.6. The fourth-order valence-electron chi connectivity index (χ4n) is 4.37. The van der Waals surface area contributed by atoms with Crippen molar-refractivity contribution in [1.29, 1.82) is 0 Å². The lowest BCUT2D eigenvalue weighted by atomic mass is 9.84. The van der Waals surface area contributed by atoms with Crippen molar-refractivity contribution in [2.45, 2.75) is 83.4 Å². The highest BCUT2D eigenvalue weighted by Crippen LogP contribution is 2.26. The van der Waals surface area contributed by atoms with Crippen LogP contribution in [0.1, 0.15) is 82.8 Å². The molecule has 2 nitrogen and oxygen atoms in total. The van der Waals surface area contributed by atoms with Crippen molar-refractivity contribution in [1.82, 2.24) is 0 Å². The SMILES string of the molecule is C.Fc1cccc(CBr)c1.O=C(Cc1cccc(F)c1)C1CCCCC1.O=C(Cl)C1CCCCC1. The molecule has 35 heavy (non-hydrogen) atoms. The van der Waals surface area contributed by atoms with Crippen LogP contribution in [0.25, 0.3) is 0 Å². The first kappa shape index (κ1) is 31.4. The smallest absolute Gasteiger partial charge is 0.224 e. The van der Waals surface area contributed by atoms with E-state index < -0.39 is 0 Å². The third-order valence-electron chi connectivity index (χ3n) is 6.30. The molecule has 2 saturated carbocycles. The predicted molar refractivity (Wildman–Crippen MR) is 145 cm³/mol. The molecule has 4 rings (SSSR count). The van der Waals surface area contributed by atoms with Gasteiger partial charge in [-0.2, -0.15) is 0 Å². The molecule has 0 atom stereocenters. The van der Waals surface area contributed by atoms with Gasteiger partial charge in [-0.05, 0) is 72.7 Å². The molecule has 0 aromatic heterocycles. The molecular weight excluding hydrogens is 534 g/mol. The van der Waals surface area contributed by atoms with Crippen molar-refractivity contribution < 1.29 is 18.4 Å². The maximum Gasteiger partial charge on any atom is 0.224 e. The van der Waals surface area contributed by atoms with Gasteiger partial charge in [-0.25, -0.2) is 8.78 Å². The van der Waals surface area contributed by atoms with Crippen LogP contribution in [-0.4, -0.2) is 11.0 Å². The zero-order chi connectivity index (χ0) is 24.8. The molecule has 0 aliphatic heterocycles. The molecule has 2 aromatic carbocycles. The first-order valence-electron chi connectivity index (χ1n) is 12.2. The normalized spacial score (nSPS) is 16.0. The van der Waals surface area contributed by atoms with Crippen LogP contribution in [0.4, 0.5) is 8.78 Å².